The highest BCUT2D eigenvalue weighted by molar-refractivity contribution is 7.10. The standard InChI is InChI=1S/C30H34N2O2S/c1-30(2,3)23-11-9-22(10-12-23)29-25-16-18-35-26(25)15-17-31(29)28(34)20-32(24-13-14-24)27(33)19-21-7-5-4-6-8-21/h4-12,16,18,24,29H,13-15,17,19-20H2,1-3H3. The Morgan fingerprint density at radius 2 is 1.71 bits per heavy atom. The largest absolute Gasteiger partial charge is 0.330 e. The van der Waals surface area contributed by atoms with Gasteiger partial charge in [-0.2, -0.15) is 0 Å². The lowest BCUT2D eigenvalue weighted by atomic mass is 9.85. The van der Waals surface area contributed by atoms with Gasteiger partial charge in [0.2, 0.25) is 11.8 Å². The van der Waals surface area contributed by atoms with E-state index in [9.17, 15) is 9.59 Å². The molecule has 1 aliphatic carbocycles. The molecule has 2 heterocycles. The lowest BCUT2D eigenvalue weighted by molar-refractivity contribution is -0.142. The lowest BCUT2D eigenvalue weighted by Gasteiger charge is -2.38. The van der Waals surface area contributed by atoms with Crippen LogP contribution in [0.1, 0.15) is 66.8 Å². The Morgan fingerprint density at radius 1 is 1.00 bits per heavy atom. The van der Waals surface area contributed by atoms with Crippen LogP contribution in [-0.4, -0.2) is 40.7 Å². The summed E-state index contributed by atoms with van der Waals surface area (Å²) in [5.41, 5.74) is 4.73. The molecule has 2 amide bonds. The van der Waals surface area contributed by atoms with Crippen LogP contribution >= 0.6 is 11.3 Å². The molecule has 1 saturated carbocycles. The van der Waals surface area contributed by atoms with Crippen molar-refractivity contribution in [3.05, 3.63) is 93.2 Å². The van der Waals surface area contributed by atoms with Gasteiger partial charge in [0.05, 0.1) is 12.5 Å². The summed E-state index contributed by atoms with van der Waals surface area (Å²) < 4.78 is 0. The van der Waals surface area contributed by atoms with E-state index >= 15 is 0 Å². The molecule has 1 aliphatic heterocycles. The van der Waals surface area contributed by atoms with Crippen molar-refractivity contribution in [2.24, 2.45) is 0 Å². The average Bonchev–Trinajstić information content (AvgIpc) is 3.57. The molecule has 0 radical (unpaired) electrons. The summed E-state index contributed by atoms with van der Waals surface area (Å²) in [6.07, 6.45) is 3.19. The van der Waals surface area contributed by atoms with Crippen LogP contribution in [0.2, 0.25) is 0 Å². The van der Waals surface area contributed by atoms with Crippen molar-refractivity contribution in [2.45, 2.75) is 64.0 Å². The maximum Gasteiger partial charge on any atom is 0.243 e. The van der Waals surface area contributed by atoms with E-state index in [1.165, 1.54) is 16.0 Å². The van der Waals surface area contributed by atoms with Crippen LogP contribution in [0.5, 0.6) is 0 Å². The van der Waals surface area contributed by atoms with E-state index in [-0.39, 0.29) is 35.9 Å². The summed E-state index contributed by atoms with van der Waals surface area (Å²) >= 11 is 1.78. The molecule has 0 spiro atoms. The highest BCUT2D eigenvalue weighted by Crippen LogP contribution is 2.39. The third-order valence-corrected chi connectivity index (χ3v) is 8.19. The normalized spacial score (nSPS) is 17.7. The maximum absolute atomic E-state index is 13.8. The number of fused-ring (bicyclic) bond motifs is 1. The smallest absolute Gasteiger partial charge is 0.243 e. The van der Waals surface area contributed by atoms with Gasteiger partial charge in [0.15, 0.2) is 0 Å². The predicted octanol–water partition coefficient (Wildman–Crippen LogP) is 5.75. The fourth-order valence-corrected chi connectivity index (χ4v) is 5.93. The zero-order valence-electron chi connectivity index (χ0n) is 20.9. The first-order valence-corrected chi connectivity index (χ1v) is 13.5. The van der Waals surface area contributed by atoms with Gasteiger partial charge >= 0.3 is 0 Å². The molecule has 1 unspecified atom stereocenters. The molecule has 2 aliphatic rings. The first kappa shape index (κ1) is 23.8. The summed E-state index contributed by atoms with van der Waals surface area (Å²) in [7, 11) is 0. The summed E-state index contributed by atoms with van der Waals surface area (Å²) in [5.74, 6) is 0.0893. The minimum atomic E-state index is -0.100. The van der Waals surface area contributed by atoms with Crippen LogP contribution in [0.3, 0.4) is 0 Å². The Bertz CT molecular complexity index is 1190. The van der Waals surface area contributed by atoms with Crippen LogP contribution in [0.4, 0.5) is 0 Å². The van der Waals surface area contributed by atoms with Crippen molar-refractivity contribution in [2.75, 3.05) is 13.1 Å². The summed E-state index contributed by atoms with van der Waals surface area (Å²) in [4.78, 5) is 32.2. The van der Waals surface area contributed by atoms with Gasteiger partial charge in [-0.25, -0.2) is 0 Å². The van der Waals surface area contributed by atoms with E-state index in [0.717, 1.165) is 30.4 Å². The third kappa shape index (κ3) is 5.20. The number of carbonyl (C=O) groups excluding carboxylic acids is 2. The van der Waals surface area contributed by atoms with Gasteiger partial charge in [0, 0.05) is 17.5 Å². The number of hydrogen-bond donors (Lipinski definition) is 0. The van der Waals surface area contributed by atoms with Gasteiger partial charge in [0.1, 0.15) is 6.54 Å². The van der Waals surface area contributed by atoms with Crippen molar-refractivity contribution in [3.8, 4) is 0 Å². The van der Waals surface area contributed by atoms with Crippen LogP contribution in [0.15, 0.2) is 66.0 Å². The SMILES string of the molecule is CC(C)(C)c1ccc(C2c3ccsc3CCN2C(=O)CN(C(=O)Cc2ccccc2)C2CC2)cc1. The Hall–Kier alpha value is -2.92. The third-order valence-electron chi connectivity index (χ3n) is 7.19. The van der Waals surface area contributed by atoms with Gasteiger partial charge in [-0.3, -0.25) is 9.59 Å². The summed E-state index contributed by atoms with van der Waals surface area (Å²) in [6.45, 7) is 7.49. The van der Waals surface area contributed by atoms with Crippen molar-refractivity contribution >= 4 is 23.2 Å². The van der Waals surface area contributed by atoms with Crippen molar-refractivity contribution in [1.82, 2.24) is 9.80 Å². The van der Waals surface area contributed by atoms with Gasteiger partial charge in [-0.15, -0.1) is 11.3 Å². The molecule has 1 atom stereocenters. The minimum Gasteiger partial charge on any atom is -0.330 e. The molecular weight excluding hydrogens is 452 g/mol. The minimum absolute atomic E-state index is 0.0417. The summed E-state index contributed by atoms with van der Waals surface area (Å²) in [6, 6.07) is 20.8. The van der Waals surface area contributed by atoms with E-state index in [1.807, 2.05) is 40.1 Å². The van der Waals surface area contributed by atoms with Gasteiger partial charge < -0.3 is 9.80 Å². The van der Waals surface area contributed by atoms with Crippen molar-refractivity contribution < 1.29 is 9.59 Å². The summed E-state index contributed by atoms with van der Waals surface area (Å²) in [5, 5.41) is 2.13. The fourth-order valence-electron chi connectivity index (χ4n) is 5.03. The fraction of sp³-hybridized carbons (Fsp3) is 0.400. The van der Waals surface area contributed by atoms with Crippen molar-refractivity contribution in [3.63, 3.8) is 0 Å². The lowest BCUT2D eigenvalue weighted by Crippen LogP contribution is -2.47. The molecule has 1 fully saturated rings. The Balaban J connectivity index is 1.39. The van der Waals surface area contributed by atoms with Crippen LogP contribution in [0.25, 0.3) is 0 Å². The van der Waals surface area contributed by atoms with E-state index in [2.05, 4.69) is 56.5 Å². The quantitative estimate of drug-likeness (QED) is 0.445. The second-order valence-corrected chi connectivity index (χ2v) is 11.8. The number of amides is 2. The zero-order valence-corrected chi connectivity index (χ0v) is 21.7. The molecule has 0 saturated heterocycles. The number of rotatable bonds is 6. The number of thiophene rings is 1. The van der Waals surface area contributed by atoms with Gasteiger partial charge in [0.25, 0.3) is 0 Å². The topological polar surface area (TPSA) is 40.6 Å². The number of nitrogens with zero attached hydrogens (tertiary/aromatic N) is 2. The first-order valence-electron chi connectivity index (χ1n) is 12.6. The van der Waals surface area contributed by atoms with E-state index in [1.54, 1.807) is 11.3 Å². The Labute approximate surface area is 212 Å². The zero-order chi connectivity index (χ0) is 24.6. The molecule has 3 aromatic rings. The predicted molar refractivity (Wildman–Crippen MR) is 142 cm³/mol. The molecule has 4 nitrogen and oxygen atoms in total. The van der Waals surface area contributed by atoms with Crippen LogP contribution < -0.4 is 0 Å². The Morgan fingerprint density at radius 3 is 2.37 bits per heavy atom. The van der Waals surface area contributed by atoms with Crippen molar-refractivity contribution in [1.29, 1.82) is 0 Å². The van der Waals surface area contributed by atoms with Gasteiger partial charge in [-0.1, -0.05) is 75.4 Å². The maximum atomic E-state index is 13.8. The van der Waals surface area contributed by atoms with E-state index in [4.69, 9.17) is 0 Å². The van der Waals surface area contributed by atoms with E-state index in [0.29, 0.717) is 13.0 Å². The van der Waals surface area contributed by atoms with Gasteiger partial charge in [-0.05, 0) is 58.4 Å². The average molecular weight is 487 g/mol. The van der Waals surface area contributed by atoms with E-state index < -0.39 is 0 Å². The van der Waals surface area contributed by atoms with Crippen LogP contribution in [-0.2, 0) is 27.8 Å². The molecule has 35 heavy (non-hydrogen) atoms. The number of carbonyl (C=O) groups is 2. The first-order chi connectivity index (χ1) is 16.8. The molecule has 1 aromatic heterocycles. The monoisotopic (exact) mass is 486 g/mol. The number of benzene rings is 2. The number of hydrogen-bond acceptors (Lipinski definition) is 3. The molecule has 182 valence electrons. The molecule has 5 rings (SSSR count). The van der Waals surface area contributed by atoms with Crippen LogP contribution in [0, 0.1) is 0 Å². The molecule has 0 bridgehead atoms. The Kier molecular flexibility index (Phi) is 6.54. The highest BCUT2D eigenvalue weighted by Gasteiger charge is 2.38. The molecular formula is C30H34N2O2S. The molecule has 2 aromatic carbocycles. The highest BCUT2D eigenvalue weighted by atomic mass is 32.1. The second-order valence-electron chi connectivity index (χ2n) is 10.8. The second kappa shape index (κ2) is 9.62. The molecule has 0 N–H and O–H groups in total. The molecule has 5 heteroatoms.